The number of likely N-dealkylation sites (tertiary alicyclic amines) is 1. The molecule has 130 valence electrons. The number of amides is 2. The molecule has 1 aliphatic rings. The van der Waals surface area contributed by atoms with Gasteiger partial charge in [-0.15, -0.1) is 0 Å². The molecule has 2 aromatic rings. The molecule has 1 aromatic heterocycles. The second-order valence-electron chi connectivity index (χ2n) is 5.88. The van der Waals surface area contributed by atoms with Crippen molar-refractivity contribution in [1.82, 2.24) is 4.90 Å². The maximum Gasteiger partial charge on any atom is 0.312 e. The second-order valence-corrected chi connectivity index (χ2v) is 5.88. The third-order valence-electron chi connectivity index (χ3n) is 4.07. The zero-order valence-corrected chi connectivity index (χ0v) is 13.5. The summed E-state index contributed by atoms with van der Waals surface area (Å²) in [6, 6.07) is 12.0. The van der Waals surface area contributed by atoms with Gasteiger partial charge in [0, 0.05) is 18.5 Å². The summed E-state index contributed by atoms with van der Waals surface area (Å²) in [5, 5.41) is 0. The molecule has 2 amide bonds. The number of nitrogens with zero attached hydrogens (tertiary/aromatic N) is 1. The van der Waals surface area contributed by atoms with Crippen molar-refractivity contribution in [3.8, 4) is 0 Å². The predicted octanol–water partition coefficient (Wildman–Crippen LogP) is 1.40. The summed E-state index contributed by atoms with van der Waals surface area (Å²) in [5.74, 6) is -1.51. The highest BCUT2D eigenvalue weighted by molar-refractivity contribution is 5.89. The monoisotopic (exact) mass is 342 g/mol. The molecule has 1 aliphatic heterocycles. The van der Waals surface area contributed by atoms with Crippen molar-refractivity contribution < 1.29 is 23.5 Å². The van der Waals surface area contributed by atoms with Crippen LogP contribution in [-0.2, 0) is 25.7 Å². The van der Waals surface area contributed by atoms with E-state index < -0.39 is 23.9 Å². The number of carbonyl (C=O) groups is 3. The van der Waals surface area contributed by atoms with E-state index in [0.29, 0.717) is 17.9 Å². The van der Waals surface area contributed by atoms with E-state index in [1.165, 1.54) is 11.2 Å². The minimum atomic E-state index is -1.16. The Hall–Kier alpha value is -3.09. The van der Waals surface area contributed by atoms with Crippen molar-refractivity contribution in [1.29, 1.82) is 0 Å². The van der Waals surface area contributed by atoms with Crippen LogP contribution >= 0.6 is 0 Å². The standard InChI is InChI=1S/C18H18N2O5/c19-17(22)16(12-5-2-1-3-6-12)25-18(23)13-9-15(21)20(10-13)11-14-7-4-8-24-14/h1-8,13,16H,9-11H2,(H2,19,22)/t13-,16-/m0/s1. The molecule has 3 rings (SSSR count). The number of hydrogen-bond donors (Lipinski definition) is 1. The van der Waals surface area contributed by atoms with Crippen LogP contribution in [0, 0.1) is 5.92 Å². The van der Waals surface area contributed by atoms with E-state index in [0.717, 1.165) is 0 Å². The minimum Gasteiger partial charge on any atom is -0.467 e. The Bertz CT molecular complexity index is 757. The smallest absolute Gasteiger partial charge is 0.312 e. The first-order chi connectivity index (χ1) is 12.0. The highest BCUT2D eigenvalue weighted by Gasteiger charge is 2.37. The van der Waals surface area contributed by atoms with Crippen molar-refractivity contribution in [3.63, 3.8) is 0 Å². The Kier molecular flexibility index (Phi) is 4.83. The van der Waals surface area contributed by atoms with E-state index in [1.54, 1.807) is 42.5 Å². The van der Waals surface area contributed by atoms with Gasteiger partial charge in [0.15, 0.2) is 0 Å². The molecule has 2 N–H and O–H groups in total. The molecular weight excluding hydrogens is 324 g/mol. The zero-order valence-electron chi connectivity index (χ0n) is 13.5. The Balaban J connectivity index is 1.64. The fraction of sp³-hybridized carbons (Fsp3) is 0.278. The Labute approximate surface area is 144 Å². The van der Waals surface area contributed by atoms with Crippen molar-refractivity contribution in [3.05, 3.63) is 60.1 Å². The van der Waals surface area contributed by atoms with Gasteiger partial charge in [-0.3, -0.25) is 14.4 Å². The van der Waals surface area contributed by atoms with Gasteiger partial charge >= 0.3 is 5.97 Å². The molecular formula is C18H18N2O5. The Morgan fingerprint density at radius 2 is 2.00 bits per heavy atom. The molecule has 0 radical (unpaired) electrons. The average molecular weight is 342 g/mol. The third-order valence-corrected chi connectivity index (χ3v) is 4.07. The lowest BCUT2D eigenvalue weighted by Gasteiger charge is -2.18. The average Bonchev–Trinajstić information content (AvgIpc) is 3.24. The molecule has 2 atom stereocenters. The number of hydrogen-bond acceptors (Lipinski definition) is 5. The SMILES string of the molecule is NC(=O)[C@@H](OC(=O)[C@H]1CC(=O)N(Cc2ccco2)C1)c1ccccc1. The third kappa shape index (κ3) is 3.88. The molecule has 0 spiro atoms. The number of rotatable bonds is 6. The highest BCUT2D eigenvalue weighted by Crippen LogP contribution is 2.25. The van der Waals surface area contributed by atoms with E-state index in [4.69, 9.17) is 14.9 Å². The van der Waals surface area contributed by atoms with E-state index in [1.807, 2.05) is 0 Å². The summed E-state index contributed by atoms with van der Waals surface area (Å²) in [7, 11) is 0. The normalized spacial score (nSPS) is 18.2. The number of benzene rings is 1. The molecule has 1 saturated heterocycles. The van der Waals surface area contributed by atoms with Gasteiger partial charge in [0.1, 0.15) is 5.76 Å². The first kappa shape index (κ1) is 16.8. The molecule has 2 heterocycles. The van der Waals surface area contributed by atoms with Crippen LogP contribution < -0.4 is 5.73 Å². The van der Waals surface area contributed by atoms with Gasteiger partial charge in [0.05, 0.1) is 18.7 Å². The maximum absolute atomic E-state index is 12.4. The number of furan rings is 1. The van der Waals surface area contributed by atoms with E-state index in [9.17, 15) is 14.4 Å². The molecule has 7 nitrogen and oxygen atoms in total. The molecule has 0 bridgehead atoms. The van der Waals surface area contributed by atoms with E-state index >= 15 is 0 Å². The van der Waals surface area contributed by atoms with E-state index in [2.05, 4.69) is 0 Å². The quantitative estimate of drug-likeness (QED) is 0.799. The van der Waals surface area contributed by atoms with Crippen molar-refractivity contribution in [2.45, 2.75) is 19.1 Å². The van der Waals surface area contributed by atoms with Crippen LogP contribution in [-0.4, -0.2) is 29.2 Å². The summed E-state index contributed by atoms with van der Waals surface area (Å²) in [5.41, 5.74) is 5.85. The minimum absolute atomic E-state index is 0.0415. The number of ether oxygens (including phenoxy) is 1. The lowest BCUT2D eigenvalue weighted by atomic mass is 10.1. The van der Waals surface area contributed by atoms with Gasteiger partial charge in [-0.1, -0.05) is 30.3 Å². The van der Waals surface area contributed by atoms with Gasteiger partial charge in [0.2, 0.25) is 12.0 Å². The van der Waals surface area contributed by atoms with E-state index in [-0.39, 0.29) is 18.9 Å². The van der Waals surface area contributed by atoms with Crippen LogP contribution in [0.1, 0.15) is 23.8 Å². The Morgan fingerprint density at radius 1 is 1.24 bits per heavy atom. The van der Waals surface area contributed by atoms with Crippen LogP contribution in [0.3, 0.4) is 0 Å². The predicted molar refractivity (Wildman–Crippen MR) is 86.7 cm³/mol. The van der Waals surface area contributed by atoms with Gasteiger partial charge in [-0.25, -0.2) is 0 Å². The summed E-state index contributed by atoms with van der Waals surface area (Å²) < 4.78 is 10.5. The molecule has 7 heteroatoms. The molecule has 1 aromatic carbocycles. The van der Waals surface area contributed by atoms with Crippen molar-refractivity contribution in [2.24, 2.45) is 11.7 Å². The summed E-state index contributed by atoms with van der Waals surface area (Å²) in [4.78, 5) is 37.7. The fourth-order valence-electron chi connectivity index (χ4n) is 2.80. The largest absolute Gasteiger partial charge is 0.467 e. The van der Waals surface area contributed by atoms with Gasteiger partial charge in [-0.2, -0.15) is 0 Å². The van der Waals surface area contributed by atoms with Gasteiger partial charge in [-0.05, 0) is 12.1 Å². The second kappa shape index (κ2) is 7.21. The number of carbonyl (C=O) groups excluding carboxylic acids is 3. The van der Waals surface area contributed by atoms with Crippen molar-refractivity contribution in [2.75, 3.05) is 6.54 Å². The van der Waals surface area contributed by atoms with Crippen LogP contribution in [0.5, 0.6) is 0 Å². The molecule has 0 aliphatic carbocycles. The first-order valence-corrected chi connectivity index (χ1v) is 7.89. The summed E-state index contributed by atoms with van der Waals surface area (Å²) in [6.45, 7) is 0.520. The van der Waals surface area contributed by atoms with Crippen molar-refractivity contribution >= 4 is 17.8 Å². The molecule has 0 saturated carbocycles. The number of primary amides is 1. The zero-order chi connectivity index (χ0) is 17.8. The van der Waals surface area contributed by atoms with Crippen LogP contribution in [0.2, 0.25) is 0 Å². The first-order valence-electron chi connectivity index (χ1n) is 7.89. The topological polar surface area (TPSA) is 103 Å². The summed E-state index contributed by atoms with van der Waals surface area (Å²) >= 11 is 0. The highest BCUT2D eigenvalue weighted by atomic mass is 16.5. The lowest BCUT2D eigenvalue weighted by molar-refractivity contribution is -0.159. The summed E-state index contributed by atoms with van der Waals surface area (Å²) in [6.07, 6.45) is 0.404. The fourth-order valence-corrected chi connectivity index (χ4v) is 2.80. The van der Waals surface area contributed by atoms with Gasteiger partial charge in [0.25, 0.3) is 5.91 Å². The number of esters is 1. The molecule has 1 fully saturated rings. The van der Waals surface area contributed by atoms with Gasteiger partial charge < -0.3 is 19.8 Å². The Morgan fingerprint density at radius 3 is 2.64 bits per heavy atom. The molecule has 0 unspecified atom stereocenters. The van der Waals surface area contributed by atoms with Crippen LogP contribution in [0.15, 0.2) is 53.1 Å². The van der Waals surface area contributed by atoms with Crippen LogP contribution in [0.25, 0.3) is 0 Å². The molecule has 25 heavy (non-hydrogen) atoms. The maximum atomic E-state index is 12.4. The lowest BCUT2D eigenvalue weighted by Crippen LogP contribution is -2.30. The number of nitrogens with two attached hydrogens (primary N) is 1. The van der Waals surface area contributed by atoms with Crippen LogP contribution in [0.4, 0.5) is 0 Å².